The molecule has 8 heteroatoms. The molecule has 2 aromatic rings. The van der Waals surface area contributed by atoms with E-state index in [-0.39, 0.29) is 25.0 Å². The van der Waals surface area contributed by atoms with Crippen LogP contribution in [0.4, 0.5) is 18.9 Å². The zero-order chi connectivity index (χ0) is 18.4. The van der Waals surface area contributed by atoms with E-state index < -0.39 is 11.7 Å². The van der Waals surface area contributed by atoms with Crippen molar-refractivity contribution in [2.24, 2.45) is 10.7 Å². The van der Waals surface area contributed by atoms with Crippen LogP contribution in [0.25, 0.3) is 0 Å². The first kappa shape index (κ1) is 18.6. The van der Waals surface area contributed by atoms with Gasteiger partial charge in [0.2, 0.25) is 5.88 Å². The maximum Gasteiger partial charge on any atom is 0.417 e. The maximum absolute atomic E-state index is 12.4. The van der Waals surface area contributed by atoms with E-state index in [1.807, 2.05) is 32.0 Å². The number of halogens is 3. The molecule has 0 aliphatic carbocycles. The van der Waals surface area contributed by atoms with Crippen LogP contribution in [-0.2, 0) is 6.18 Å². The van der Waals surface area contributed by atoms with Gasteiger partial charge in [-0.2, -0.15) is 13.2 Å². The summed E-state index contributed by atoms with van der Waals surface area (Å²) in [6, 6.07) is 8.02. The molecule has 0 unspecified atom stereocenters. The third-order valence-electron chi connectivity index (χ3n) is 3.18. The summed E-state index contributed by atoms with van der Waals surface area (Å²) in [6.07, 6.45) is -3.68. The minimum absolute atomic E-state index is 0.101. The molecule has 1 aromatic carbocycles. The third-order valence-corrected chi connectivity index (χ3v) is 3.18. The van der Waals surface area contributed by atoms with Gasteiger partial charge in [-0.3, -0.25) is 0 Å². The molecule has 0 bridgehead atoms. The predicted molar refractivity (Wildman–Crippen MR) is 90.8 cm³/mol. The van der Waals surface area contributed by atoms with Gasteiger partial charge in [-0.25, -0.2) is 9.98 Å². The number of anilines is 1. The number of rotatable bonds is 5. The predicted octanol–water partition coefficient (Wildman–Crippen LogP) is 3.52. The van der Waals surface area contributed by atoms with Crippen LogP contribution in [0.3, 0.4) is 0 Å². The summed E-state index contributed by atoms with van der Waals surface area (Å²) in [6.45, 7) is 4.35. The molecule has 0 aliphatic heterocycles. The number of aryl methyl sites for hydroxylation is 2. The smallest absolute Gasteiger partial charge is 0.417 e. The van der Waals surface area contributed by atoms with Crippen LogP contribution in [0.15, 0.2) is 41.5 Å². The van der Waals surface area contributed by atoms with Gasteiger partial charge in [0.05, 0.1) is 12.1 Å². The Morgan fingerprint density at radius 1 is 1.20 bits per heavy atom. The molecule has 0 atom stereocenters. The van der Waals surface area contributed by atoms with E-state index in [2.05, 4.69) is 15.3 Å². The van der Waals surface area contributed by atoms with Gasteiger partial charge in [-0.05, 0) is 43.2 Å². The van der Waals surface area contributed by atoms with Crippen molar-refractivity contribution in [1.82, 2.24) is 4.98 Å². The molecule has 1 aromatic heterocycles. The first-order valence-electron chi connectivity index (χ1n) is 7.55. The maximum atomic E-state index is 12.4. The van der Waals surface area contributed by atoms with E-state index in [0.717, 1.165) is 29.1 Å². The molecule has 3 N–H and O–H groups in total. The monoisotopic (exact) mass is 352 g/mol. The van der Waals surface area contributed by atoms with Gasteiger partial charge in [0, 0.05) is 18.0 Å². The van der Waals surface area contributed by atoms with Gasteiger partial charge in [0.1, 0.15) is 6.61 Å². The number of benzene rings is 1. The fourth-order valence-electron chi connectivity index (χ4n) is 2.18. The van der Waals surface area contributed by atoms with Crippen LogP contribution < -0.4 is 15.8 Å². The lowest BCUT2D eigenvalue weighted by Gasteiger charge is -2.09. The van der Waals surface area contributed by atoms with Crippen molar-refractivity contribution in [1.29, 1.82) is 0 Å². The lowest BCUT2D eigenvalue weighted by atomic mass is 10.1. The van der Waals surface area contributed by atoms with Gasteiger partial charge >= 0.3 is 6.18 Å². The number of pyridine rings is 1. The minimum Gasteiger partial charge on any atom is -0.476 e. The normalized spacial score (nSPS) is 12.1. The molecule has 5 nitrogen and oxygen atoms in total. The van der Waals surface area contributed by atoms with Crippen LogP contribution in [0, 0.1) is 13.8 Å². The van der Waals surface area contributed by atoms with E-state index in [1.165, 1.54) is 6.07 Å². The molecule has 2 rings (SSSR count). The summed E-state index contributed by atoms with van der Waals surface area (Å²) < 4.78 is 42.5. The van der Waals surface area contributed by atoms with Crippen LogP contribution in [0.2, 0.25) is 0 Å². The number of nitrogens with two attached hydrogens (primary N) is 1. The Morgan fingerprint density at radius 2 is 1.88 bits per heavy atom. The van der Waals surface area contributed by atoms with Crippen LogP contribution in [0.1, 0.15) is 16.7 Å². The first-order valence-corrected chi connectivity index (χ1v) is 7.55. The summed E-state index contributed by atoms with van der Waals surface area (Å²) in [4.78, 5) is 7.71. The number of guanidine groups is 1. The summed E-state index contributed by atoms with van der Waals surface area (Å²) in [5.74, 6) is 0.331. The average Bonchev–Trinajstić information content (AvgIpc) is 2.50. The summed E-state index contributed by atoms with van der Waals surface area (Å²) in [7, 11) is 0. The molecule has 0 saturated carbocycles. The number of hydrogen-bond donors (Lipinski definition) is 2. The van der Waals surface area contributed by atoms with Crippen molar-refractivity contribution >= 4 is 11.6 Å². The number of hydrogen-bond acceptors (Lipinski definition) is 3. The van der Waals surface area contributed by atoms with Gasteiger partial charge in [0.25, 0.3) is 0 Å². The standard InChI is InChI=1S/C17H19F3N4O/c1-11-7-12(2)9-14(8-11)24-16(21)22-5-6-25-15-4-3-13(10-23-15)17(18,19)20/h3-4,7-10H,5-6H2,1-2H3,(H3,21,22,24). The SMILES string of the molecule is Cc1cc(C)cc(NC(N)=NCCOc2ccc(C(F)(F)F)cn2)c1. The van der Waals surface area contributed by atoms with Crippen molar-refractivity contribution in [3.05, 3.63) is 53.2 Å². The molecule has 0 spiro atoms. The Labute approximate surface area is 143 Å². The number of ether oxygens (including phenoxy) is 1. The van der Waals surface area contributed by atoms with Crippen molar-refractivity contribution in [3.8, 4) is 5.88 Å². The summed E-state index contributed by atoms with van der Waals surface area (Å²) >= 11 is 0. The Bertz CT molecular complexity index is 722. The topological polar surface area (TPSA) is 72.5 Å². The Kier molecular flexibility index (Phi) is 5.84. The number of alkyl halides is 3. The van der Waals surface area contributed by atoms with Crippen molar-refractivity contribution < 1.29 is 17.9 Å². The highest BCUT2D eigenvalue weighted by Gasteiger charge is 2.30. The average molecular weight is 352 g/mol. The summed E-state index contributed by atoms with van der Waals surface area (Å²) in [5, 5.41) is 2.98. The van der Waals surface area contributed by atoms with Crippen LogP contribution >= 0.6 is 0 Å². The Morgan fingerprint density at radius 3 is 2.44 bits per heavy atom. The number of nitrogens with one attached hydrogen (secondary N) is 1. The molecule has 134 valence electrons. The Hall–Kier alpha value is -2.77. The third kappa shape index (κ3) is 5.98. The minimum atomic E-state index is -4.41. The molecular weight excluding hydrogens is 333 g/mol. The van der Waals surface area contributed by atoms with E-state index >= 15 is 0 Å². The molecule has 0 saturated heterocycles. The van der Waals surface area contributed by atoms with E-state index in [0.29, 0.717) is 0 Å². The number of nitrogens with zero attached hydrogens (tertiary/aromatic N) is 2. The Balaban J connectivity index is 1.82. The fourth-order valence-corrected chi connectivity index (χ4v) is 2.18. The lowest BCUT2D eigenvalue weighted by Crippen LogP contribution is -2.23. The fraction of sp³-hybridized carbons (Fsp3) is 0.294. The van der Waals surface area contributed by atoms with Gasteiger partial charge in [0.15, 0.2) is 5.96 Å². The lowest BCUT2D eigenvalue weighted by molar-refractivity contribution is -0.137. The largest absolute Gasteiger partial charge is 0.476 e. The second-order valence-corrected chi connectivity index (χ2v) is 5.50. The second-order valence-electron chi connectivity index (χ2n) is 5.50. The van der Waals surface area contributed by atoms with Gasteiger partial charge in [-0.1, -0.05) is 6.07 Å². The zero-order valence-corrected chi connectivity index (χ0v) is 13.9. The molecule has 0 fully saturated rings. The number of aromatic nitrogens is 1. The highest BCUT2D eigenvalue weighted by atomic mass is 19.4. The molecule has 25 heavy (non-hydrogen) atoms. The van der Waals surface area contributed by atoms with Crippen molar-refractivity contribution in [3.63, 3.8) is 0 Å². The van der Waals surface area contributed by atoms with E-state index in [9.17, 15) is 13.2 Å². The highest BCUT2D eigenvalue weighted by Crippen LogP contribution is 2.29. The van der Waals surface area contributed by atoms with Crippen LogP contribution in [-0.4, -0.2) is 24.1 Å². The first-order chi connectivity index (χ1) is 11.7. The molecule has 1 heterocycles. The number of aliphatic imine (C=N–C) groups is 1. The van der Waals surface area contributed by atoms with Crippen LogP contribution in [0.5, 0.6) is 5.88 Å². The van der Waals surface area contributed by atoms with Crippen molar-refractivity contribution in [2.75, 3.05) is 18.5 Å². The summed E-state index contributed by atoms with van der Waals surface area (Å²) in [5.41, 5.74) is 8.02. The van der Waals surface area contributed by atoms with Gasteiger partial charge < -0.3 is 15.8 Å². The zero-order valence-electron chi connectivity index (χ0n) is 13.9. The van der Waals surface area contributed by atoms with Gasteiger partial charge in [-0.15, -0.1) is 0 Å². The second kappa shape index (κ2) is 7.87. The van der Waals surface area contributed by atoms with E-state index in [4.69, 9.17) is 10.5 Å². The highest BCUT2D eigenvalue weighted by molar-refractivity contribution is 5.92. The molecule has 0 radical (unpaired) electrons. The molecular formula is C17H19F3N4O. The molecule has 0 amide bonds. The van der Waals surface area contributed by atoms with E-state index in [1.54, 1.807) is 0 Å². The van der Waals surface area contributed by atoms with Crippen molar-refractivity contribution in [2.45, 2.75) is 20.0 Å². The molecule has 0 aliphatic rings. The quantitative estimate of drug-likeness (QED) is 0.491.